The van der Waals surface area contributed by atoms with Crippen molar-refractivity contribution in [3.63, 3.8) is 0 Å². The molecule has 0 spiro atoms. The van der Waals surface area contributed by atoms with Gasteiger partial charge in [0.15, 0.2) is 0 Å². The van der Waals surface area contributed by atoms with Gasteiger partial charge in [0.2, 0.25) is 0 Å². The number of benzene rings is 2. The predicted octanol–water partition coefficient (Wildman–Crippen LogP) is 4.51. The summed E-state index contributed by atoms with van der Waals surface area (Å²) in [4.78, 5) is 14.3. The number of aliphatic hydroxyl groups excluding tert-OH is 1. The van der Waals surface area contributed by atoms with Gasteiger partial charge >= 0.3 is 0 Å². The van der Waals surface area contributed by atoms with Gasteiger partial charge in [-0.3, -0.25) is 4.79 Å². The Kier molecular flexibility index (Phi) is 4.56. The second-order valence-corrected chi connectivity index (χ2v) is 7.13. The quantitative estimate of drug-likeness (QED) is 0.548. The lowest BCUT2D eigenvalue weighted by molar-refractivity contribution is 0.0953. The largest absolute Gasteiger partial charge is 0.466 e. The standard InChI is InChI=1S/C21H17NO3S/c23-20(18-9-4-12-25-18)19-11-10-15(26-19)13-22-21(24)17-8-3-6-14-5-1-2-7-16(14)17/h1-12,20,23H,13H2,(H,22,24). The molecule has 4 rings (SSSR count). The molecule has 1 amide bonds. The molecule has 0 aliphatic heterocycles. The highest BCUT2D eigenvalue weighted by molar-refractivity contribution is 7.12. The predicted molar refractivity (Wildman–Crippen MR) is 102 cm³/mol. The van der Waals surface area contributed by atoms with E-state index in [2.05, 4.69) is 5.32 Å². The molecule has 1 atom stereocenters. The van der Waals surface area contributed by atoms with E-state index in [1.54, 1.807) is 12.1 Å². The molecule has 130 valence electrons. The number of carbonyl (C=O) groups is 1. The number of fused-ring (bicyclic) bond motifs is 1. The molecule has 2 aromatic carbocycles. The van der Waals surface area contributed by atoms with Gasteiger partial charge < -0.3 is 14.8 Å². The van der Waals surface area contributed by atoms with Crippen molar-refractivity contribution in [3.05, 3.63) is 94.1 Å². The molecule has 2 heterocycles. The average molecular weight is 363 g/mol. The van der Waals surface area contributed by atoms with Crippen LogP contribution >= 0.6 is 11.3 Å². The first-order valence-electron chi connectivity index (χ1n) is 8.28. The summed E-state index contributed by atoms with van der Waals surface area (Å²) in [6.07, 6.45) is 0.759. The van der Waals surface area contributed by atoms with Crippen molar-refractivity contribution in [1.29, 1.82) is 0 Å². The summed E-state index contributed by atoms with van der Waals surface area (Å²) in [5.41, 5.74) is 0.662. The molecule has 0 saturated heterocycles. The fourth-order valence-electron chi connectivity index (χ4n) is 2.91. The number of furan rings is 1. The van der Waals surface area contributed by atoms with E-state index in [0.29, 0.717) is 17.9 Å². The number of rotatable bonds is 5. The lowest BCUT2D eigenvalue weighted by atomic mass is 10.0. The first-order valence-corrected chi connectivity index (χ1v) is 9.10. The molecule has 4 nitrogen and oxygen atoms in total. The Hall–Kier alpha value is -2.89. The van der Waals surface area contributed by atoms with Crippen molar-refractivity contribution in [1.82, 2.24) is 5.32 Å². The normalized spacial score (nSPS) is 12.2. The second kappa shape index (κ2) is 7.15. The molecular weight excluding hydrogens is 346 g/mol. The van der Waals surface area contributed by atoms with Gasteiger partial charge in [-0.2, -0.15) is 0 Å². The summed E-state index contributed by atoms with van der Waals surface area (Å²) in [5, 5.41) is 15.2. The van der Waals surface area contributed by atoms with Crippen LogP contribution in [0.5, 0.6) is 0 Å². The molecule has 4 aromatic rings. The zero-order valence-electron chi connectivity index (χ0n) is 13.9. The smallest absolute Gasteiger partial charge is 0.252 e. The molecule has 1 unspecified atom stereocenters. The highest BCUT2D eigenvalue weighted by Gasteiger charge is 2.16. The van der Waals surface area contributed by atoms with Crippen LogP contribution < -0.4 is 5.32 Å². The first kappa shape index (κ1) is 16.6. The van der Waals surface area contributed by atoms with E-state index in [4.69, 9.17) is 4.42 Å². The van der Waals surface area contributed by atoms with E-state index in [1.807, 2.05) is 54.6 Å². The zero-order valence-corrected chi connectivity index (χ0v) is 14.7. The first-order chi connectivity index (χ1) is 12.7. The fourth-order valence-corrected chi connectivity index (χ4v) is 3.86. The van der Waals surface area contributed by atoms with Crippen LogP contribution in [-0.2, 0) is 6.54 Å². The van der Waals surface area contributed by atoms with Gasteiger partial charge in [-0.25, -0.2) is 0 Å². The number of hydrogen-bond acceptors (Lipinski definition) is 4. The Morgan fingerprint density at radius 1 is 1.04 bits per heavy atom. The van der Waals surface area contributed by atoms with Crippen LogP contribution in [0.2, 0.25) is 0 Å². The summed E-state index contributed by atoms with van der Waals surface area (Å²) in [5.74, 6) is 0.404. The number of amides is 1. The van der Waals surface area contributed by atoms with Crippen molar-refractivity contribution >= 4 is 28.0 Å². The van der Waals surface area contributed by atoms with E-state index < -0.39 is 6.10 Å². The maximum Gasteiger partial charge on any atom is 0.252 e. The van der Waals surface area contributed by atoms with Gasteiger partial charge in [-0.15, -0.1) is 11.3 Å². The average Bonchev–Trinajstić information content (AvgIpc) is 3.37. The Morgan fingerprint density at radius 3 is 2.73 bits per heavy atom. The van der Waals surface area contributed by atoms with Crippen LogP contribution in [0.15, 0.2) is 77.4 Å². The monoisotopic (exact) mass is 363 g/mol. The van der Waals surface area contributed by atoms with Gasteiger partial charge in [0.1, 0.15) is 11.9 Å². The maximum absolute atomic E-state index is 12.6. The van der Waals surface area contributed by atoms with E-state index in [9.17, 15) is 9.90 Å². The number of hydrogen-bond donors (Lipinski definition) is 2. The molecular formula is C21H17NO3S. The SMILES string of the molecule is O=C(NCc1ccc(C(O)c2ccco2)s1)c1cccc2ccccc12. The van der Waals surface area contributed by atoms with E-state index in [0.717, 1.165) is 20.5 Å². The molecule has 2 aromatic heterocycles. The number of thiophene rings is 1. The number of carbonyl (C=O) groups excluding carboxylic acids is 1. The van der Waals surface area contributed by atoms with Crippen molar-refractivity contribution in [2.45, 2.75) is 12.6 Å². The molecule has 0 radical (unpaired) electrons. The van der Waals surface area contributed by atoms with Gasteiger partial charge in [0.05, 0.1) is 12.8 Å². The number of aliphatic hydroxyl groups is 1. The number of nitrogens with one attached hydrogen (secondary N) is 1. The summed E-state index contributed by atoms with van der Waals surface area (Å²) in [7, 11) is 0. The minimum absolute atomic E-state index is 0.108. The molecule has 5 heteroatoms. The van der Waals surface area contributed by atoms with Crippen LogP contribution in [0.1, 0.15) is 32.0 Å². The summed E-state index contributed by atoms with van der Waals surface area (Å²) < 4.78 is 5.24. The van der Waals surface area contributed by atoms with Crippen molar-refractivity contribution in [2.24, 2.45) is 0 Å². The summed E-state index contributed by atoms with van der Waals surface area (Å²) in [6.45, 7) is 0.414. The fraction of sp³-hybridized carbons (Fsp3) is 0.0952. The van der Waals surface area contributed by atoms with Crippen LogP contribution in [0.4, 0.5) is 0 Å². The van der Waals surface area contributed by atoms with E-state index in [-0.39, 0.29) is 5.91 Å². The molecule has 0 fully saturated rings. The van der Waals surface area contributed by atoms with Gasteiger partial charge in [-0.1, -0.05) is 36.4 Å². The molecule has 0 bridgehead atoms. The van der Waals surface area contributed by atoms with Crippen LogP contribution in [-0.4, -0.2) is 11.0 Å². The third-order valence-electron chi connectivity index (χ3n) is 4.22. The van der Waals surface area contributed by atoms with Crippen LogP contribution in [0.25, 0.3) is 10.8 Å². The van der Waals surface area contributed by atoms with E-state index in [1.165, 1.54) is 17.6 Å². The highest BCUT2D eigenvalue weighted by Crippen LogP contribution is 2.28. The maximum atomic E-state index is 12.6. The summed E-state index contributed by atoms with van der Waals surface area (Å²) >= 11 is 1.46. The van der Waals surface area contributed by atoms with Gasteiger partial charge in [0, 0.05) is 15.3 Å². The summed E-state index contributed by atoms with van der Waals surface area (Å²) in [6, 6.07) is 20.8. The molecule has 26 heavy (non-hydrogen) atoms. The lowest BCUT2D eigenvalue weighted by Crippen LogP contribution is -2.22. The Balaban J connectivity index is 1.46. The Bertz CT molecular complexity index is 1030. The Labute approximate surface area is 154 Å². The Morgan fingerprint density at radius 2 is 1.88 bits per heavy atom. The minimum atomic E-state index is -0.780. The third kappa shape index (κ3) is 3.27. The lowest BCUT2D eigenvalue weighted by Gasteiger charge is -2.07. The zero-order chi connectivity index (χ0) is 17.9. The minimum Gasteiger partial charge on any atom is -0.466 e. The van der Waals surface area contributed by atoms with Crippen molar-refractivity contribution in [3.8, 4) is 0 Å². The molecule has 0 saturated carbocycles. The highest BCUT2D eigenvalue weighted by atomic mass is 32.1. The van der Waals surface area contributed by atoms with Crippen LogP contribution in [0.3, 0.4) is 0 Å². The van der Waals surface area contributed by atoms with Gasteiger partial charge in [-0.05, 0) is 41.1 Å². The third-order valence-corrected chi connectivity index (χ3v) is 5.36. The van der Waals surface area contributed by atoms with E-state index >= 15 is 0 Å². The second-order valence-electron chi connectivity index (χ2n) is 5.93. The molecule has 2 N–H and O–H groups in total. The molecule has 0 aliphatic carbocycles. The van der Waals surface area contributed by atoms with Crippen LogP contribution in [0, 0.1) is 0 Å². The molecule has 0 aliphatic rings. The van der Waals surface area contributed by atoms with Crippen molar-refractivity contribution in [2.75, 3.05) is 0 Å². The van der Waals surface area contributed by atoms with Gasteiger partial charge in [0.25, 0.3) is 5.91 Å². The van der Waals surface area contributed by atoms with Crippen molar-refractivity contribution < 1.29 is 14.3 Å². The topological polar surface area (TPSA) is 62.5 Å².